The zero-order valence-electron chi connectivity index (χ0n) is 16.4. The summed E-state index contributed by atoms with van der Waals surface area (Å²) in [6, 6.07) is 27.1. The number of methoxy groups -OCH3 is 1. The van der Waals surface area contributed by atoms with Gasteiger partial charge >= 0.3 is 0 Å². The van der Waals surface area contributed by atoms with E-state index in [-0.39, 0.29) is 11.7 Å². The van der Waals surface area contributed by atoms with E-state index in [4.69, 9.17) is 4.74 Å². The second-order valence-corrected chi connectivity index (χ2v) is 7.32. The first-order chi connectivity index (χ1) is 14.8. The Morgan fingerprint density at radius 2 is 1.60 bits per heavy atom. The van der Waals surface area contributed by atoms with Crippen LogP contribution in [0.15, 0.2) is 90.1 Å². The van der Waals surface area contributed by atoms with Crippen molar-refractivity contribution in [3.63, 3.8) is 0 Å². The Kier molecular flexibility index (Phi) is 6.10. The molecular weight excluding hydrogens is 396 g/mol. The first kappa shape index (κ1) is 19.7. The maximum Gasteiger partial charge on any atom is 0.234 e. The molecule has 0 aliphatic carbocycles. The summed E-state index contributed by atoms with van der Waals surface area (Å²) < 4.78 is 7.26. The number of ether oxygens (including phenoxy) is 1. The van der Waals surface area contributed by atoms with E-state index in [2.05, 4.69) is 15.5 Å². The Bertz CT molecular complexity index is 1130. The Balaban J connectivity index is 1.57. The van der Waals surface area contributed by atoms with Crippen LogP contribution >= 0.6 is 11.8 Å². The summed E-state index contributed by atoms with van der Waals surface area (Å²) in [5.74, 6) is 1.40. The Morgan fingerprint density at radius 3 is 2.33 bits per heavy atom. The van der Waals surface area contributed by atoms with Crippen LogP contribution in [0, 0.1) is 0 Å². The highest BCUT2D eigenvalue weighted by atomic mass is 32.2. The third kappa shape index (κ3) is 4.36. The van der Waals surface area contributed by atoms with Crippen LogP contribution in [0.4, 0.5) is 5.69 Å². The molecule has 4 rings (SSSR count). The third-order valence-electron chi connectivity index (χ3n) is 4.39. The summed E-state index contributed by atoms with van der Waals surface area (Å²) in [6.45, 7) is 0. The second kappa shape index (κ2) is 9.28. The van der Waals surface area contributed by atoms with Crippen molar-refractivity contribution in [3.05, 3.63) is 84.9 Å². The molecule has 0 saturated carbocycles. The standard InChI is InChI=1S/C23H20N4O2S/c1-29-20-15-9-8-14-19(20)24-21(28)16-30-23-26-25-22(17-10-4-2-5-11-17)27(23)18-12-6-3-7-13-18/h2-15H,16H2,1H3,(H,24,28). The van der Waals surface area contributed by atoms with Crippen LogP contribution in [0.25, 0.3) is 17.1 Å². The number of para-hydroxylation sites is 3. The van der Waals surface area contributed by atoms with Crippen LogP contribution in [0.5, 0.6) is 5.75 Å². The molecule has 3 aromatic carbocycles. The van der Waals surface area contributed by atoms with Crippen molar-refractivity contribution in [2.24, 2.45) is 0 Å². The molecule has 4 aromatic rings. The normalized spacial score (nSPS) is 10.6. The van der Waals surface area contributed by atoms with Crippen molar-refractivity contribution in [2.75, 3.05) is 18.2 Å². The molecule has 0 bridgehead atoms. The minimum Gasteiger partial charge on any atom is -0.495 e. The molecule has 150 valence electrons. The molecule has 0 spiro atoms. The average molecular weight is 417 g/mol. The minimum atomic E-state index is -0.145. The number of amides is 1. The van der Waals surface area contributed by atoms with Crippen LogP contribution in [0.2, 0.25) is 0 Å². The first-order valence-electron chi connectivity index (χ1n) is 9.38. The van der Waals surface area contributed by atoms with Crippen LogP contribution in [0.1, 0.15) is 0 Å². The van der Waals surface area contributed by atoms with Gasteiger partial charge < -0.3 is 10.1 Å². The Morgan fingerprint density at radius 1 is 0.933 bits per heavy atom. The topological polar surface area (TPSA) is 69.0 Å². The number of nitrogens with zero attached hydrogens (tertiary/aromatic N) is 3. The molecule has 1 aromatic heterocycles. The van der Waals surface area contributed by atoms with E-state index >= 15 is 0 Å². The number of carbonyl (C=O) groups is 1. The zero-order chi connectivity index (χ0) is 20.8. The largest absolute Gasteiger partial charge is 0.495 e. The molecule has 7 heteroatoms. The Labute approximate surface area is 178 Å². The van der Waals surface area contributed by atoms with Gasteiger partial charge in [-0.25, -0.2) is 0 Å². The van der Waals surface area contributed by atoms with Gasteiger partial charge in [-0.15, -0.1) is 10.2 Å². The molecule has 0 fully saturated rings. The van der Waals surface area contributed by atoms with Gasteiger partial charge in [-0.05, 0) is 24.3 Å². The predicted molar refractivity (Wildman–Crippen MR) is 119 cm³/mol. The fourth-order valence-corrected chi connectivity index (χ4v) is 3.76. The van der Waals surface area contributed by atoms with Crippen LogP contribution < -0.4 is 10.1 Å². The maximum absolute atomic E-state index is 12.5. The number of rotatable bonds is 7. The number of hydrogen-bond acceptors (Lipinski definition) is 5. The number of benzene rings is 3. The molecule has 0 saturated heterocycles. The van der Waals surface area contributed by atoms with E-state index in [9.17, 15) is 4.79 Å². The van der Waals surface area contributed by atoms with Gasteiger partial charge in [-0.3, -0.25) is 9.36 Å². The van der Waals surface area contributed by atoms with E-state index in [0.29, 0.717) is 16.6 Å². The van der Waals surface area contributed by atoms with E-state index in [1.807, 2.05) is 77.4 Å². The van der Waals surface area contributed by atoms with Crippen LogP contribution in [-0.2, 0) is 4.79 Å². The number of anilines is 1. The monoisotopic (exact) mass is 416 g/mol. The van der Waals surface area contributed by atoms with E-state index in [0.717, 1.165) is 17.1 Å². The average Bonchev–Trinajstić information content (AvgIpc) is 3.23. The summed E-state index contributed by atoms with van der Waals surface area (Å²) in [6.07, 6.45) is 0. The molecule has 1 N–H and O–H groups in total. The van der Waals surface area contributed by atoms with Crippen LogP contribution in [-0.4, -0.2) is 33.5 Å². The molecule has 0 aliphatic heterocycles. The smallest absolute Gasteiger partial charge is 0.234 e. The van der Waals surface area contributed by atoms with Crippen molar-refractivity contribution in [1.82, 2.24) is 14.8 Å². The van der Waals surface area contributed by atoms with E-state index in [1.165, 1.54) is 11.8 Å². The molecule has 1 amide bonds. The van der Waals surface area contributed by atoms with Gasteiger partial charge in [0.2, 0.25) is 5.91 Å². The molecule has 0 unspecified atom stereocenters. The number of aromatic nitrogens is 3. The lowest BCUT2D eigenvalue weighted by Gasteiger charge is -2.11. The molecule has 0 aliphatic rings. The van der Waals surface area contributed by atoms with Gasteiger partial charge in [0.25, 0.3) is 0 Å². The lowest BCUT2D eigenvalue weighted by atomic mass is 10.2. The lowest BCUT2D eigenvalue weighted by molar-refractivity contribution is -0.113. The molecule has 0 atom stereocenters. The number of hydrogen-bond donors (Lipinski definition) is 1. The quantitative estimate of drug-likeness (QED) is 0.443. The van der Waals surface area contributed by atoms with Gasteiger partial charge in [0.1, 0.15) is 5.75 Å². The van der Waals surface area contributed by atoms with Gasteiger partial charge in [0, 0.05) is 11.3 Å². The van der Waals surface area contributed by atoms with Gasteiger partial charge in [-0.1, -0.05) is 72.4 Å². The second-order valence-electron chi connectivity index (χ2n) is 6.38. The van der Waals surface area contributed by atoms with Crippen molar-refractivity contribution in [1.29, 1.82) is 0 Å². The van der Waals surface area contributed by atoms with Crippen LogP contribution in [0.3, 0.4) is 0 Å². The highest BCUT2D eigenvalue weighted by Gasteiger charge is 2.17. The predicted octanol–water partition coefficient (Wildman–Crippen LogP) is 4.67. The summed E-state index contributed by atoms with van der Waals surface area (Å²) in [5.41, 5.74) is 2.54. The summed E-state index contributed by atoms with van der Waals surface area (Å²) in [7, 11) is 1.58. The zero-order valence-corrected chi connectivity index (χ0v) is 17.2. The molecule has 30 heavy (non-hydrogen) atoms. The van der Waals surface area contributed by atoms with E-state index < -0.39 is 0 Å². The fraction of sp³-hybridized carbons (Fsp3) is 0.0870. The van der Waals surface area contributed by atoms with Gasteiger partial charge in [-0.2, -0.15) is 0 Å². The highest BCUT2D eigenvalue weighted by Crippen LogP contribution is 2.28. The van der Waals surface area contributed by atoms with Gasteiger partial charge in [0.15, 0.2) is 11.0 Å². The number of carbonyl (C=O) groups excluding carboxylic acids is 1. The third-order valence-corrected chi connectivity index (χ3v) is 5.32. The van der Waals surface area contributed by atoms with Gasteiger partial charge in [0.05, 0.1) is 18.6 Å². The van der Waals surface area contributed by atoms with E-state index in [1.54, 1.807) is 19.2 Å². The van der Waals surface area contributed by atoms with Crippen molar-refractivity contribution < 1.29 is 9.53 Å². The SMILES string of the molecule is COc1ccccc1NC(=O)CSc1nnc(-c2ccccc2)n1-c1ccccc1. The summed E-state index contributed by atoms with van der Waals surface area (Å²) in [5, 5.41) is 12.3. The highest BCUT2D eigenvalue weighted by molar-refractivity contribution is 7.99. The van der Waals surface area contributed by atoms with Crippen molar-refractivity contribution in [2.45, 2.75) is 5.16 Å². The Hall–Kier alpha value is -3.58. The lowest BCUT2D eigenvalue weighted by Crippen LogP contribution is -2.15. The molecular formula is C23H20N4O2S. The summed E-state index contributed by atoms with van der Waals surface area (Å²) >= 11 is 1.33. The minimum absolute atomic E-state index is 0.145. The maximum atomic E-state index is 12.5. The van der Waals surface area contributed by atoms with Crippen molar-refractivity contribution in [3.8, 4) is 22.8 Å². The molecule has 1 heterocycles. The van der Waals surface area contributed by atoms with Crippen molar-refractivity contribution >= 4 is 23.4 Å². The fourth-order valence-electron chi connectivity index (χ4n) is 3.01. The first-order valence-corrected chi connectivity index (χ1v) is 10.4. The number of thioether (sulfide) groups is 1. The number of nitrogens with one attached hydrogen (secondary N) is 1. The molecule has 0 radical (unpaired) electrons. The summed E-state index contributed by atoms with van der Waals surface area (Å²) in [4.78, 5) is 12.5. The molecule has 6 nitrogen and oxygen atoms in total.